The molecule has 0 spiro atoms. The van der Waals surface area contributed by atoms with Gasteiger partial charge in [0.15, 0.2) is 0 Å². The minimum atomic E-state index is -0.386. The van der Waals surface area contributed by atoms with Gasteiger partial charge in [0.05, 0.1) is 18.2 Å². The maximum atomic E-state index is 12.8. The van der Waals surface area contributed by atoms with Crippen molar-refractivity contribution < 1.29 is 9.63 Å². The highest BCUT2D eigenvalue weighted by atomic mass is 16.7. The Bertz CT molecular complexity index is 602. The molecule has 1 aliphatic heterocycles. The normalized spacial score (nSPS) is 22.1. The second-order valence-corrected chi connectivity index (χ2v) is 6.38. The minimum Gasteiger partial charge on any atom is -0.272 e. The molecule has 1 amide bonds. The van der Waals surface area contributed by atoms with Gasteiger partial charge in [-0.3, -0.25) is 14.6 Å². The monoisotopic (exact) mass is 285 g/mol. The summed E-state index contributed by atoms with van der Waals surface area (Å²) in [7, 11) is 0. The molecule has 2 fully saturated rings. The summed E-state index contributed by atoms with van der Waals surface area (Å²) < 4.78 is 0. The van der Waals surface area contributed by atoms with Gasteiger partial charge in [-0.15, -0.1) is 0 Å². The Hall–Kier alpha value is -1.93. The van der Waals surface area contributed by atoms with E-state index >= 15 is 0 Å². The largest absolute Gasteiger partial charge is 0.272 e. The molecule has 1 atom stereocenters. The van der Waals surface area contributed by atoms with Crippen LogP contribution >= 0.6 is 0 Å². The van der Waals surface area contributed by atoms with Crippen molar-refractivity contribution in [1.29, 1.82) is 5.26 Å². The second kappa shape index (κ2) is 5.12. The number of pyridine rings is 1. The number of amides is 1. The zero-order valence-corrected chi connectivity index (χ0v) is 12.4. The summed E-state index contributed by atoms with van der Waals surface area (Å²) in [5.74, 6) is 0.494. The Morgan fingerprint density at radius 3 is 2.86 bits per heavy atom. The maximum Gasteiger partial charge on any atom is 0.252 e. The van der Waals surface area contributed by atoms with Crippen LogP contribution < -0.4 is 0 Å². The Labute approximate surface area is 124 Å². The van der Waals surface area contributed by atoms with Crippen molar-refractivity contribution in [2.45, 2.75) is 39.2 Å². The summed E-state index contributed by atoms with van der Waals surface area (Å²) in [6.07, 6.45) is 6.21. The number of hydroxylamine groups is 2. The molecule has 1 saturated carbocycles. The molecule has 0 aromatic carbocycles. The van der Waals surface area contributed by atoms with Gasteiger partial charge in [-0.1, -0.05) is 13.8 Å². The van der Waals surface area contributed by atoms with Gasteiger partial charge in [0.25, 0.3) is 5.91 Å². The van der Waals surface area contributed by atoms with Crippen LogP contribution in [-0.4, -0.2) is 22.6 Å². The summed E-state index contributed by atoms with van der Waals surface area (Å²) >= 11 is 0. The lowest BCUT2D eigenvalue weighted by molar-refractivity contribution is -0.188. The molecule has 21 heavy (non-hydrogen) atoms. The molecular weight excluding hydrogens is 266 g/mol. The van der Waals surface area contributed by atoms with Crippen LogP contribution in [-0.2, 0) is 9.63 Å². The predicted molar refractivity (Wildman–Crippen MR) is 75.6 cm³/mol. The number of hydrogen-bond acceptors (Lipinski definition) is 4. The van der Waals surface area contributed by atoms with Gasteiger partial charge in [-0.25, -0.2) is 5.06 Å². The van der Waals surface area contributed by atoms with E-state index in [2.05, 4.69) is 11.1 Å². The third kappa shape index (κ3) is 2.52. The standard InChI is InChI=1S/C16H19N3O2/c1-16(2,13-3-4-13)15(20)19-14(5-6-21-19)12-7-11(8-17)9-18-10-12/h7,9-10,13-14H,3-6H2,1-2H3/t14-/m0/s1. The first-order chi connectivity index (χ1) is 10.0. The minimum absolute atomic E-state index is 0.0369. The van der Waals surface area contributed by atoms with Gasteiger partial charge in [0.1, 0.15) is 6.07 Å². The van der Waals surface area contributed by atoms with Crippen LogP contribution in [0.4, 0.5) is 0 Å². The average Bonchev–Trinajstić information content (AvgIpc) is 3.25. The summed E-state index contributed by atoms with van der Waals surface area (Å²) in [4.78, 5) is 22.5. The van der Waals surface area contributed by atoms with Crippen LogP contribution in [0.3, 0.4) is 0 Å². The zero-order valence-electron chi connectivity index (χ0n) is 12.4. The number of nitriles is 1. The van der Waals surface area contributed by atoms with E-state index in [9.17, 15) is 4.79 Å². The first-order valence-electron chi connectivity index (χ1n) is 7.35. The third-order valence-electron chi connectivity index (χ3n) is 4.53. The lowest BCUT2D eigenvalue weighted by atomic mass is 9.85. The Balaban J connectivity index is 1.85. The lowest BCUT2D eigenvalue weighted by Gasteiger charge is -2.31. The van der Waals surface area contributed by atoms with E-state index in [-0.39, 0.29) is 17.4 Å². The molecule has 0 radical (unpaired) electrons. The first kappa shape index (κ1) is 14.0. The molecule has 2 aliphatic rings. The number of rotatable bonds is 3. The SMILES string of the molecule is CC(C)(C(=O)N1OCC[C@H]1c1cncc(C#N)c1)C1CC1. The van der Waals surface area contributed by atoms with Crippen molar-refractivity contribution in [2.24, 2.45) is 11.3 Å². The van der Waals surface area contributed by atoms with E-state index in [1.165, 1.54) is 11.3 Å². The zero-order chi connectivity index (χ0) is 15.0. The Kier molecular flexibility index (Phi) is 3.42. The van der Waals surface area contributed by atoms with Gasteiger partial charge < -0.3 is 0 Å². The molecule has 5 nitrogen and oxygen atoms in total. The molecule has 1 saturated heterocycles. The van der Waals surface area contributed by atoms with E-state index in [1.807, 2.05) is 13.8 Å². The molecule has 0 N–H and O–H groups in total. The topological polar surface area (TPSA) is 66.2 Å². The van der Waals surface area contributed by atoms with E-state index in [0.29, 0.717) is 18.1 Å². The summed E-state index contributed by atoms with van der Waals surface area (Å²) in [5.41, 5.74) is 0.989. The van der Waals surface area contributed by atoms with Crippen LogP contribution in [0.5, 0.6) is 0 Å². The van der Waals surface area contributed by atoms with Crippen LogP contribution in [0.25, 0.3) is 0 Å². The highest BCUT2D eigenvalue weighted by Gasteiger charge is 2.48. The highest BCUT2D eigenvalue weighted by molar-refractivity contribution is 5.82. The molecule has 110 valence electrons. The predicted octanol–water partition coefficient (Wildman–Crippen LogP) is 2.59. The van der Waals surface area contributed by atoms with E-state index in [4.69, 9.17) is 10.1 Å². The molecule has 3 rings (SSSR count). The maximum absolute atomic E-state index is 12.8. The number of carbonyl (C=O) groups is 1. The molecule has 0 bridgehead atoms. The van der Waals surface area contributed by atoms with E-state index in [0.717, 1.165) is 24.8 Å². The Morgan fingerprint density at radius 2 is 2.19 bits per heavy atom. The van der Waals surface area contributed by atoms with Crippen LogP contribution in [0, 0.1) is 22.7 Å². The highest BCUT2D eigenvalue weighted by Crippen LogP contribution is 2.47. The molecule has 2 heterocycles. The summed E-state index contributed by atoms with van der Waals surface area (Å²) in [6.45, 7) is 4.51. The molecule has 1 aromatic rings. The molecular formula is C16H19N3O2. The van der Waals surface area contributed by atoms with Gasteiger partial charge >= 0.3 is 0 Å². The fourth-order valence-corrected chi connectivity index (χ4v) is 2.94. The van der Waals surface area contributed by atoms with E-state index in [1.54, 1.807) is 12.3 Å². The summed E-state index contributed by atoms with van der Waals surface area (Å²) in [6, 6.07) is 3.73. The van der Waals surface area contributed by atoms with Crippen molar-refractivity contribution in [1.82, 2.24) is 10.0 Å². The van der Waals surface area contributed by atoms with Crippen LogP contribution in [0.2, 0.25) is 0 Å². The van der Waals surface area contributed by atoms with Crippen molar-refractivity contribution in [3.8, 4) is 6.07 Å². The quantitative estimate of drug-likeness (QED) is 0.856. The van der Waals surface area contributed by atoms with Crippen molar-refractivity contribution in [3.63, 3.8) is 0 Å². The number of carbonyl (C=O) groups excluding carboxylic acids is 1. The van der Waals surface area contributed by atoms with Crippen molar-refractivity contribution in [2.75, 3.05) is 6.61 Å². The second-order valence-electron chi connectivity index (χ2n) is 6.38. The molecule has 5 heteroatoms. The van der Waals surface area contributed by atoms with Gasteiger partial charge in [-0.05, 0) is 30.4 Å². The molecule has 1 aromatic heterocycles. The van der Waals surface area contributed by atoms with Crippen LogP contribution in [0.15, 0.2) is 18.5 Å². The summed E-state index contributed by atoms with van der Waals surface area (Å²) in [5, 5.41) is 10.5. The van der Waals surface area contributed by atoms with Crippen molar-refractivity contribution >= 4 is 5.91 Å². The van der Waals surface area contributed by atoms with Gasteiger partial charge in [-0.2, -0.15) is 5.26 Å². The van der Waals surface area contributed by atoms with Crippen LogP contribution in [0.1, 0.15) is 50.3 Å². The molecule has 0 unspecified atom stereocenters. The Morgan fingerprint density at radius 1 is 1.43 bits per heavy atom. The average molecular weight is 285 g/mol. The lowest BCUT2D eigenvalue weighted by Crippen LogP contribution is -2.41. The van der Waals surface area contributed by atoms with E-state index < -0.39 is 0 Å². The number of aromatic nitrogens is 1. The van der Waals surface area contributed by atoms with Crippen molar-refractivity contribution in [3.05, 3.63) is 29.6 Å². The number of hydrogen-bond donors (Lipinski definition) is 0. The van der Waals surface area contributed by atoms with Gasteiger partial charge in [0.2, 0.25) is 0 Å². The fraction of sp³-hybridized carbons (Fsp3) is 0.562. The van der Waals surface area contributed by atoms with Gasteiger partial charge in [0, 0.05) is 24.2 Å². The third-order valence-corrected chi connectivity index (χ3v) is 4.53. The smallest absolute Gasteiger partial charge is 0.252 e. The number of nitrogens with zero attached hydrogens (tertiary/aromatic N) is 3. The molecule has 1 aliphatic carbocycles. The first-order valence-corrected chi connectivity index (χ1v) is 7.35. The fourth-order valence-electron chi connectivity index (χ4n) is 2.94.